The molecular formula is C20H24FN4O5PS. The molecule has 1 aromatic heterocycles. The van der Waals surface area contributed by atoms with Crippen LogP contribution in [0.4, 0.5) is 10.2 Å². The Bertz CT molecular complexity index is 1060. The van der Waals surface area contributed by atoms with Crippen molar-refractivity contribution in [3.63, 3.8) is 0 Å². The molecule has 0 aliphatic heterocycles. The van der Waals surface area contributed by atoms with Crippen molar-refractivity contribution in [2.45, 2.75) is 26.8 Å². The van der Waals surface area contributed by atoms with E-state index in [1.54, 1.807) is 13.8 Å². The number of carbonyl (C=O) groups excluding carboxylic acids is 2. The third-order valence-corrected chi connectivity index (χ3v) is 6.01. The van der Waals surface area contributed by atoms with Gasteiger partial charge in [-0.2, -0.15) is 0 Å². The second-order valence-corrected chi connectivity index (χ2v) is 9.37. The van der Waals surface area contributed by atoms with Gasteiger partial charge in [0.05, 0.1) is 13.2 Å². The van der Waals surface area contributed by atoms with Crippen LogP contribution in [0.2, 0.25) is 0 Å². The number of nitrogens with two attached hydrogens (primary N) is 1. The first-order valence-electron chi connectivity index (χ1n) is 9.31. The highest BCUT2D eigenvalue weighted by Crippen LogP contribution is 2.37. The molecule has 0 atom stereocenters. The number of nitrogens with zero attached hydrogens (tertiary/aromatic N) is 3. The van der Waals surface area contributed by atoms with Crippen molar-refractivity contribution in [1.29, 1.82) is 0 Å². The van der Waals surface area contributed by atoms with Crippen LogP contribution in [0, 0.1) is 12.7 Å². The molecule has 0 spiro atoms. The molecule has 172 valence electrons. The molecular weight excluding hydrogens is 458 g/mol. The third kappa shape index (κ3) is 7.85. The molecule has 4 N–H and O–H groups in total. The van der Waals surface area contributed by atoms with Gasteiger partial charge in [0.2, 0.25) is 19.1 Å². The van der Waals surface area contributed by atoms with Crippen molar-refractivity contribution in [2.24, 2.45) is 0 Å². The summed E-state index contributed by atoms with van der Waals surface area (Å²) in [6.45, 7) is 3.23. The average Bonchev–Trinajstić information content (AvgIpc) is 2.71. The van der Waals surface area contributed by atoms with Gasteiger partial charge in [-0.15, -0.1) is 0 Å². The third-order valence-electron chi connectivity index (χ3n) is 4.24. The summed E-state index contributed by atoms with van der Waals surface area (Å²) in [7, 11) is -3.72. The number of thioether (sulfide) groups is 1. The van der Waals surface area contributed by atoms with Gasteiger partial charge in [-0.1, -0.05) is 0 Å². The molecule has 1 aromatic carbocycles. The number of anilines is 1. The van der Waals surface area contributed by atoms with E-state index >= 15 is 0 Å². The fourth-order valence-corrected chi connectivity index (χ4v) is 3.87. The fourth-order valence-electron chi connectivity index (χ4n) is 2.56. The summed E-state index contributed by atoms with van der Waals surface area (Å²) in [5.74, 6) is 0.241. The lowest BCUT2D eigenvalue weighted by Gasteiger charge is -2.22. The minimum Gasteiger partial charge on any atom is -0.383 e. The largest absolute Gasteiger partial charge is 0.383 e. The van der Waals surface area contributed by atoms with Gasteiger partial charge >= 0.3 is 0 Å². The summed E-state index contributed by atoms with van der Waals surface area (Å²) < 4.78 is 18.1. The van der Waals surface area contributed by atoms with Gasteiger partial charge in [-0.25, -0.2) is 14.4 Å². The van der Waals surface area contributed by atoms with E-state index in [1.165, 1.54) is 35.4 Å². The van der Waals surface area contributed by atoms with Gasteiger partial charge in [-0.3, -0.25) is 9.59 Å². The van der Waals surface area contributed by atoms with Crippen LogP contribution in [0.5, 0.6) is 0 Å². The number of amides is 1. The molecule has 0 bridgehead atoms. The average molecular weight is 482 g/mol. The highest BCUT2D eigenvalue weighted by atomic mass is 32.2. The number of aryl methyl sites for hydroxylation is 1. The molecule has 2 aromatic rings. The first kappa shape index (κ1) is 25.7. The summed E-state index contributed by atoms with van der Waals surface area (Å²) in [5.41, 5.74) is 7.12. The lowest BCUT2D eigenvalue weighted by atomic mass is 10.2. The van der Waals surface area contributed by atoms with Crippen molar-refractivity contribution in [1.82, 2.24) is 14.9 Å². The van der Waals surface area contributed by atoms with Crippen LogP contribution in [0.25, 0.3) is 0 Å². The number of carbonyl (C=O) groups is 2. The minimum atomic E-state index is -3.72. The summed E-state index contributed by atoms with van der Waals surface area (Å²) in [6.07, 6.45) is 5.32. The minimum absolute atomic E-state index is 0.0589. The second-order valence-electron chi connectivity index (χ2n) is 6.71. The molecule has 0 unspecified atom stereocenters. The molecule has 0 fully saturated rings. The Morgan fingerprint density at radius 1 is 1.38 bits per heavy atom. The van der Waals surface area contributed by atoms with Crippen LogP contribution in [0.1, 0.15) is 35.1 Å². The molecule has 12 heteroatoms. The van der Waals surface area contributed by atoms with Gasteiger partial charge in [-0.05, 0) is 56.2 Å². The zero-order chi connectivity index (χ0) is 23.9. The predicted octanol–water partition coefficient (Wildman–Crippen LogP) is 2.86. The first-order chi connectivity index (χ1) is 15.0. The van der Waals surface area contributed by atoms with Gasteiger partial charge < -0.3 is 24.9 Å². The van der Waals surface area contributed by atoms with Crippen LogP contribution in [0.15, 0.2) is 41.1 Å². The zero-order valence-electron chi connectivity index (χ0n) is 17.6. The Labute approximate surface area is 189 Å². The van der Waals surface area contributed by atoms with Gasteiger partial charge in [0.15, 0.2) is 0 Å². The second kappa shape index (κ2) is 11.3. The van der Waals surface area contributed by atoms with E-state index in [2.05, 4.69) is 16.3 Å². The van der Waals surface area contributed by atoms with Crippen LogP contribution in [-0.2, 0) is 15.9 Å². The van der Waals surface area contributed by atoms with E-state index in [9.17, 15) is 23.8 Å². The number of aromatic nitrogens is 2. The molecule has 0 saturated carbocycles. The Balaban J connectivity index is 2.31. The number of benzene rings is 1. The quantitative estimate of drug-likeness (QED) is 0.345. The Kier molecular flexibility index (Phi) is 9.11. The van der Waals surface area contributed by atoms with E-state index in [0.717, 1.165) is 11.8 Å². The molecule has 0 radical (unpaired) electrons. The molecule has 0 saturated heterocycles. The monoisotopic (exact) mass is 482 g/mol. The Morgan fingerprint density at radius 2 is 2.03 bits per heavy atom. The van der Waals surface area contributed by atoms with E-state index in [-0.39, 0.29) is 36.1 Å². The predicted molar refractivity (Wildman–Crippen MR) is 123 cm³/mol. The van der Waals surface area contributed by atoms with E-state index < -0.39 is 13.4 Å². The molecule has 32 heavy (non-hydrogen) atoms. The van der Waals surface area contributed by atoms with Crippen molar-refractivity contribution in [3.8, 4) is 0 Å². The van der Waals surface area contributed by atoms with Gasteiger partial charge in [0.25, 0.3) is 0 Å². The molecule has 1 heterocycles. The summed E-state index contributed by atoms with van der Waals surface area (Å²) in [4.78, 5) is 53.2. The summed E-state index contributed by atoms with van der Waals surface area (Å²) in [6, 6.07) is 5.04. The van der Waals surface area contributed by atoms with Crippen molar-refractivity contribution >= 4 is 43.0 Å². The molecule has 9 nitrogen and oxygen atoms in total. The Hall–Kier alpha value is -2.56. The lowest BCUT2D eigenvalue weighted by Crippen LogP contribution is -2.22. The normalized spacial score (nSPS) is 12.3. The van der Waals surface area contributed by atoms with Crippen molar-refractivity contribution in [2.75, 3.05) is 12.3 Å². The first-order valence-corrected chi connectivity index (χ1v) is 11.9. The standard InChI is InChI=1S/C20H24FN4O5PS/c1-13(25(12-26)11-16-10-23-14(2)24-19(16)22)18(8-9-30-31(3,28)29)32-20(27)15-4-6-17(21)7-5-15/h4-7,10,12,28-29H,3,8-9,11H2,1-2H3,(H2,22,23,24)/b18-13-. The van der Waals surface area contributed by atoms with E-state index in [0.29, 0.717) is 28.4 Å². The topological polar surface area (TPSA) is 139 Å². The highest BCUT2D eigenvalue weighted by molar-refractivity contribution is 8.17. The molecule has 2 rings (SSSR count). The van der Waals surface area contributed by atoms with Crippen LogP contribution in [0.3, 0.4) is 0 Å². The molecule has 0 aliphatic carbocycles. The van der Waals surface area contributed by atoms with E-state index in [4.69, 9.17) is 10.3 Å². The smallest absolute Gasteiger partial charge is 0.245 e. The molecule has 1 amide bonds. The lowest BCUT2D eigenvalue weighted by molar-refractivity contribution is -0.116. The SMILES string of the molecule is C=P(O)(O)OCC/C(SC(=O)c1ccc(F)cc1)=C(\C)N(C=O)Cc1cnc(C)nc1N. The number of hydrogen-bond donors (Lipinski definition) is 3. The Morgan fingerprint density at radius 3 is 2.59 bits per heavy atom. The van der Waals surface area contributed by atoms with Crippen molar-refractivity contribution in [3.05, 3.63) is 63.8 Å². The van der Waals surface area contributed by atoms with Crippen LogP contribution < -0.4 is 5.73 Å². The van der Waals surface area contributed by atoms with E-state index in [1.807, 2.05) is 0 Å². The van der Waals surface area contributed by atoms with Gasteiger partial charge in [0.1, 0.15) is 17.5 Å². The molecule has 0 aliphatic rings. The fraction of sp³-hybridized carbons (Fsp3) is 0.250. The van der Waals surface area contributed by atoms with Crippen molar-refractivity contribution < 1.29 is 28.3 Å². The maximum atomic E-state index is 13.2. The zero-order valence-corrected chi connectivity index (χ0v) is 19.3. The summed E-state index contributed by atoms with van der Waals surface area (Å²) >= 11 is 0.827. The number of nitrogen functional groups attached to an aromatic ring is 1. The number of allylic oxidation sites excluding steroid dienone is 1. The number of hydrogen-bond acceptors (Lipinski definition) is 9. The van der Waals surface area contributed by atoms with Crippen LogP contribution in [-0.4, -0.2) is 49.1 Å². The maximum Gasteiger partial charge on any atom is 0.245 e. The number of rotatable bonds is 10. The maximum absolute atomic E-state index is 13.2. The van der Waals surface area contributed by atoms with Gasteiger partial charge in [0, 0.05) is 34.3 Å². The summed E-state index contributed by atoms with van der Waals surface area (Å²) in [5, 5.41) is -0.382. The number of halogens is 1. The highest BCUT2D eigenvalue weighted by Gasteiger charge is 2.18. The van der Waals surface area contributed by atoms with Crippen LogP contribution >= 0.6 is 19.3 Å².